The van der Waals surface area contributed by atoms with Crippen molar-refractivity contribution in [3.8, 4) is 0 Å². The normalized spacial score (nSPS) is 17.1. The first-order valence-corrected chi connectivity index (χ1v) is 9.04. The van der Waals surface area contributed by atoms with Crippen molar-refractivity contribution in [2.45, 2.75) is 20.4 Å². The van der Waals surface area contributed by atoms with Crippen molar-refractivity contribution in [2.75, 3.05) is 45.9 Å². The molecule has 0 atom stereocenters. The van der Waals surface area contributed by atoms with Gasteiger partial charge in [-0.2, -0.15) is 0 Å². The monoisotopic (exact) mass is 336 g/mol. The number of aromatic nitrogens is 2. The molecule has 0 saturated carbocycles. The maximum absolute atomic E-state index is 12.2. The molecule has 126 valence electrons. The molecule has 23 heavy (non-hydrogen) atoms. The fourth-order valence-electron chi connectivity index (χ4n) is 2.92. The minimum atomic E-state index is 0.0269. The molecule has 0 aliphatic carbocycles. The third-order valence-corrected chi connectivity index (χ3v) is 5.18. The molecular formula is C16H24N4O2S. The van der Waals surface area contributed by atoms with Crippen LogP contribution in [0, 0.1) is 6.92 Å². The summed E-state index contributed by atoms with van der Waals surface area (Å²) in [5.74, 6) is 0. The highest BCUT2D eigenvalue weighted by molar-refractivity contribution is 7.15. The quantitative estimate of drug-likeness (QED) is 0.743. The molecule has 0 radical (unpaired) electrons. The highest BCUT2D eigenvalue weighted by atomic mass is 32.1. The van der Waals surface area contributed by atoms with Crippen LogP contribution < -0.4 is 5.56 Å². The molecule has 0 unspecified atom stereocenters. The van der Waals surface area contributed by atoms with Crippen LogP contribution in [0.1, 0.15) is 18.3 Å². The number of hydrogen-bond acceptors (Lipinski definition) is 6. The van der Waals surface area contributed by atoms with Crippen LogP contribution in [0.2, 0.25) is 0 Å². The molecule has 3 rings (SSSR count). The first-order valence-electron chi connectivity index (χ1n) is 8.16. The number of rotatable bonds is 6. The third-order valence-electron chi connectivity index (χ3n) is 4.24. The summed E-state index contributed by atoms with van der Waals surface area (Å²) >= 11 is 1.53. The van der Waals surface area contributed by atoms with Gasteiger partial charge < -0.3 is 4.74 Å². The average Bonchev–Trinajstić information content (AvgIpc) is 2.91. The molecule has 0 aromatic carbocycles. The van der Waals surface area contributed by atoms with Gasteiger partial charge in [0.1, 0.15) is 0 Å². The van der Waals surface area contributed by atoms with Crippen LogP contribution in [-0.4, -0.2) is 65.1 Å². The number of hydrogen-bond donors (Lipinski definition) is 0. The van der Waals surface area contributed by atoms with Crippen molar-refractivity contribution < 1.29 is 4.74 Å². The third kappa shape index (κ3) is 3.98. The van der Waals surface area contributed by atoms with Crippen LogP contribution in [0.25, 0.3) is 4.96 Å². The maximum atomic E-state index is 12.2. The van der Waals surface area contributed by atoms with Crippen molar-refractivity contribution in [2.24, 2.45) is 0 Å². The number of ether oxygens (including phenoxy) is 1. The van der Waals surface area contributed by atoms with Gasteiger partial charge in [-0.3, -0.25) is 19.0 Å². The second-order valence-corrected chi connectivity index (χ2v) is 6.73. The summed E-state index contributed by atoms with van der Waals surface area (Å²) < 4.78 is 7.09. The van der Waals surface area contributed by atoms with Gasteiger partial charge in [0.25, 0.3) is 5.56 Å². The first kappa shape index (κ1) is 16.6. The average molecular weight is 336 g/mol. The summed E-state index contributed by atoms with van der Waals surface area (Å²) in [5, 5.41) is 1.98. The topological polar surface area (TPSA) is 50.1 Å². The number of nitrogens with zero attached hydrogens (tertiary/aromatic N) is 4. The molecule has 0 spiro atoms. The summed E-state index contributed by atoms with van der Waals surface area (Å²) in [6.07, 6.45) is 0. The van der Waals surface area contributed by atoms with Crippen molar-refractivity contribution in [3.63, 3.8) is 0 Å². The Hall–Kier alpha value is -1.28. The van der Waals surface area contributed by atoms with E-state index in [1.165, 1.54) is 11.3 Å². The SMILES string of the molecule is CCOCCN1CCN(Cc2cc(=O)n3c(C)csc3n2)CC1. The predicted octanol–water partition coefficient (Wildman–Crippen LogP) is 1.22. The molecule has 1 aliphatic heterocycles. The fourth-order valence-corrected chi connectivity index (χ4v) is 3.81. The molecule has 2 aromatic heterocycles. The summed E-state index contributed by atoms with van der Waals surface area (Å²) in [6, 6.07) is 1.67. The van der Waals surface area contributed by atoms with Gasteiger partial charge in [-0.15, -0.1) is 11.3 Å². The van der Waals surface area contributed by atoms with Gasteiger partial charge in [0.2, 0.25) is 0 Å². The van der Waals surface area contributed by atoms with E-state index in [9.17, 15) is 4.79 Å². The number of piperazine rings is 1. The molecule has 0 N–H and O–H groups in total. The lowest BCUT2D eigenvalue weighted by molar-refractivity contribution is 0.0782. The molecule has 3 heterocycles. The van der Waals surface area contributed by atoms with E-state index in [2.05, 4.69) is 14.8 Å². The molecule has 1 aliphatic rings. The molecule has 0 amide bonds. The lowest BCUT2D eigenvalue weighted by atomic mass is 10.3. The van der Waals surface area contributed by atoms with Crippen LogP contribution >= 0.6 is 11.3 Å². The van der Waals surface area contributed by atoms with Crippen LogP contribution in [0.15, 0.2) is 16.2 Å². The van der Waals surface area contributed by atoms with Gasteiger partial charge in [0.05, 0.1) is 12.3 Å². The van der Waals surface area contributed by atoms with Crippen molar-refractivity contribution >= 4 is 16.3 Å². The van der Waals surface area contributed by atoms with Crippen LogP contribution in [0.3, 0.4) is 0 Å². The zero-order valence-corrected chi connectivity index (χ0v) is 14.6. The lowest BCUT2D eigenvalue weighted by Gasteiger charge is -2.34. The van der Waals surface area contributed by atoms with E-state index in [1.54, 1.807) is 10.5 Å². The van der Waals surface area contributed by atoms with E-state index in [-0.39, 0.29) is 5.56 Å². The standard InChI is InChI=1S/C16H24N4O2S/c1-3-22-9-8-18-4-6-19(7-5-18)11-14-10-15(21)20-13(2)12-23-16(20)17-14/h10,12H,3-9,11H2,1-2H3. The highest BCUT2D eigenvalue weighted by Crippen LogP contribution is 2.13. The molecule has 7 heteroatoms. The van der Waals surface area contributed by atoms with Crippen molar-refractivity contribution in [1.29, 1.82) is 0 Å². The Bertz CT molecular complexity index is 704. The lowest BCUT2D eigenvalue weighted by Crippen LogP contribution is -2.47. The Balaban J connectivity index is 1.58. The largest absolute Gasteiger partial charge is 0.380 e. The maximum Gasteiger partial charge on any atom is 0.259 e. The van der Waals surface area contributed by atoms with E-state index in [1.807, 2.05) is 19.2 Å². The highest BCUT2D eigenvalue weighted by Gasteiger charge is 2.17. The fraction of sp³-hybridized carbons (Fsp3) is 0.625. The van der Waals surface area contributed by atoms with E-state index in [0.29, 0.717) is 0 Å². The molecule has 1 saturated heterocycles. The van der Waals surface area contributed by atoms with Gasteiger partial charge in [-0.1, -0.05) is 0 Å². The minimum absolute atomic E-state index is 0.0269. The predicted molar refractivity (Wildman–Crippen MR) is 92.3 cm³/mol. The second kappa shape index (κ2) is 7.53. The number of thiazole rings is 1. The minimum Gasteiger partial charge on any atom is -0.380 e. The Labute approximate surface area is 140 Å². The van der Waals surface area contributed by atoms with E-state index < -0.39 is 0 Å². The summed E-state index contributed by atoms with van der Waals surface area (Å²) in [7, 11) is 0. The summed E-state index contributed by atoms with van der Waals surface area (Å²) in [4.78, 5) is 22.4. The zero-order valence-electron chi connectivity index (χ0n) is 13.8. The van der Waals surface area contributed by atoms with Crippen LogP contribution in [0.4, 0.5) is 0 Å². The van der Waals surface area contributed by atoms with Gasteiger partial charge in [-0.25, -0.2) is 4.98 Å². The number of aryl methyl sites for hydroxylation is 1. The van der Waals surface area contributed by atoms with Crippen LogP contribution in [0.5, 0.6) is 0 Å². The first-order chi connectivity index (χ1) is 11.2. The molecule has 0 bridgehead atoms. The Morgan fingerprint density at radius 2 is 2.00 bits per heavy atom. The van der Waals surface area contributed by atoms with Gasteiger partial charge >= 0.3 is 0 Å². The summed E-state index contributed by atoms with van der Waals surface area (Å²) in [5.41, 5.74) is 1.86. The molecular weight excluding hydrogens is 312 g/mol. The van der Waals surface area contributed by atoms with Crippen molar-refractivity contribution in [3.05, 3.63) is 33.2 Å². The number of fused-ring (bicyclic) bond motifs is 1. The van der Waals surface area contributed by atoms with Crippen LogP contribution in [-0.2, 0) is 11.3 Å². The molecule has 2 aromatic rings. The Morgan fingerprint density at radius 1 is 1.26 bits per heavy atom. The Kier molecular flexibility index (Phi) is 5.42. The van der Waals surface area contributed by atoms with Gasteiger partial charge in [0.15, 0.2) is 4.96 Å². The van der Waals surface area contributed by atoms with E-state index in [4.69, 9.17) is 4.74 Å². The van der Waals surface area contributed by atoms with Crippen molar-refractivity contribution in [1.82, 2.24) is 19.2 Å². The molecule has 6 nitrogen and oxygen atoms in total. The van der Waals surface area contributed by atoms with Gasteiger partial charge in [0, 0.05) is 63.0 Å². The molecule has 1 fully saturated rings. The Morgan fingerprint density at radius 3 is 2.74 bits per heavy atom. The zero-order chi connectivity index (χ0) is 16.2. The van der Waals surface area contributed by atoms with Gasteiger partial charge in [-0.05, 0) is 13.8 Å². The van der Waals surface area contributed by atoms with E-state index >= 15 is 0 Å². The van der Waals surface area contributed by atoms with E-state index in [0.717, 1.165) is 68.8 Å². The smallest absolute Gasteiger partial charge is 0.259 e. The second-order valence-electron chi connectivity index (χ2n) is 5.90. The summed E-state index contributed by atoms with van der Waals surface area (Å²) in [6.45, 7) is 11.4.